The van der Waals surface area contributed by atoms with Gasteiger partial charge >= 0.3 is 6.18 Å². The Morgan fingerprint density at radius 2 is 1.97 bits per heavy atom. The number of fused-ring (bicyclic) bond motifs is 1. The molecular formula is C20H14ClF3N4O. The van der Waals surface area contributed by atoms with Gasteiger partial charge < -0.3 is 10.3 Å². The van der Waals surface area contributed by atoms with Gasteiger partial charge in [-0.15, -0.1) is 0 Å². The summed E-state index contributed by atoms with van der Waals surface area (Å²) in [5.41, 5.74) is 2.62. The number of amides is 1. The minimum atomic E-state index is -4.46. The van der Waals surface area contributed by atoms with E-state index in [2.05, 4.69) is 15.4 Å². The Hall–Kier alpha value is -3.26. The summed E-state index contributed by atoms with van der Waals surface area (Å²) in [7, 11) is 0. The van der Waals surface area contributed by atoms with Crippen molar-refractivity contribution in [1.29, 1.82) is 0 Å². The lowest BCUT2D eigenvalue weighted by Crippen LogP contribution is -2.05. The van der Waals surface area contributed by atoms with Crippen molar-refractivity contribution < 1.29 is 18.0 Å². The average molecular weight is 419 g/mol. The van der Waals surface area contributed by atoms with Gasteiger partial charge in [-0.05, 0) is 35.9 Å². The first-order valence-corrected chi connectivity index (χ1v) is 8.91. The van der Waals surface area contributed by atoms with Crippen LogP contribution in [0.1, 0.15) is 12.5 Å². The molecule has 0 saturated carbocycles. The second-order valence-electron chi connectivity index (χ2n) is 6.48. The topological polar surface area (TPSA) is 62.7 Å². The average Bonchev–Trinajstić information content (AvgIpc) is 3.28. The molecule has 2 aromatic carbocycles. The zero-order chi connectivity index (χ0) is 20.8. The van der Waals surface area contributed by atoms with Crippen LogP contribution in [0.25, 0.3) is 27.7 Å². The third-order valence-electron chi connectivity index (χ3n) is 4.43. The third-order valence-corrected chi connectivity index (χ3v) is 4.73. The fraction of sp³-hybridized carbons (Fsp3) is 0.100. The molecule has 29 heavy (non-hydrogen) atoms. The summed E-state index contributed by atoms with van der Waals surface area (Å²) in [5, 5.41) is 7.77. The number of benzene rings is 2. The van der Waals surface area contributed by atoms with E-state index in [1.807, 2.05) is 18.2 Å². The van der Waals surface area contributed by atoms with E-state index < -0.39 is 11.7 Å². The Kier molecular flexibility index (Phi) is 4.58. The van der Waals surface area contributed by atoms with E-state index >= 15 is 0 Å². The lowest BCUT2D eigenvalue weighted by Gasteiger charge is -2.09. The first-order valence-electron chi connectivity index (χ1n) is 8.53. The number of aromatic nitrogens is 3. The van der Waals surface area contributed by atoms with Gasteiger partial charge in [-0.25, -0.2) is 4.68 Å². The van der Waals surface area contributed by atoms with Gasteiger partial charge in [0.2, 0.25) is 5.91 Å². The maximum Gasteiger partial charge on any atom is 0.416 e. The smallest absolute Gasteiger partial charge is 0.359 e. The van der Waals surface area contributed by atoms with Crippen molar-refractivity contribution in [1.82, 2.24) is 14.8 Å². The maximum absolute atomic E-state index is 12.8. The Balaban J connectivity index is 1.70. The number of carbonyl (C=O) groups is 1. The lowest BCUT2D eigenvalue weighted by atomic mass is 10.1. The SMILES string of the molecule is CC(=O)Nc1c[nH]c2ccc(-c3cnn(-c4ccc(C(F)(F)F)cc4Cl)c3)cc12. The third kappa shape index (κ3) is 3.71. The van der Waals surface area contributed by atoms with Crippen molar-refractivity contribution in [3.8, 4) is 16.8 Å². The number of aromatic amines is 1. The van der Waals surface area contributed by atoms with Crippen LogP contribution in [0.5, 0.6) is 0 Å². The second-order valence-corrected chi connectivity index (χ2v) is 6.89. The predicted molar refractivity (Wildman–Crippen MR) is 105 cm³/mol. The summed E-state index contributed by atoms with van der Waals surface area (Å²) in [6.07, 6.45) is 0.524. The van der Waals surface area contributed by atoms with Crippen molar-refractivity contribution in [3.05, 3.63) is 65.6 Å². The van der Waals surface area contributed by atoms with E-state index in [1.165, 1.54) is 17.7 Å². The maximum atomic E-state index is 12.8. The highest BCUT2D eigenvalue weighted by Crippen LogP contribution is 2.34. The molecule has 1 amide bonds. The molecule has 9 heteroatoms. The van der Waals surface area contributed by atoms with E-state index in [-0.39, 0.29) is 10.9 Å². The van der Waals surface area contributed by atoms with Gasteiger partial charge in [0.25, 0.3) is 0 Å². The van der Waals surface area contributed by atoms with E-state index in [0.717, 1.165) is 34.2 Å². The molecular weight excluding hydrogens is 405 g/mol. The molecule has 0 atom stereocenters. The number of hydrogen-bond donors (Lipinski definition) is 2. The largest absolute Gasteiger partial charge is 0.416 e. The fourth-order valence-electron chi connectivity index (χ4n) is 3.07. The van der Waals surface area contributed by atoms with Crippen molar-refractivity contribution in [3.63, 3.8) is 0 Å². The highest BCUT2D eigenvalue weighted by Gasteiger charge is 2.31. The molecule has 0 aliphatic rings. The van der Waals surface area contributed by atoms with E-state index in [1.54, 1.807) is 18.6 Å². The highest BCUT2D eigenvalue weighted by molar-refractivity contribution is 6.32. The Labute approximate surface area is 168 Å². The Morgan fingerprint density at radius 3 is 2.66 bits per heavy atom. The normalized spacial score (nSPS) is 11.8. The Morgan fingerprint density at radius 1 is 1.17 bits per heavy atom. The van der Waals surface area contributed by atoms with Gasteiger partial charge in [0, 0.05) is 35.8 Å². The minimum absolute atomic E-state index is 0.0523. The summed E-state index contributed by atoms with van der Waals surface area (Å²) in [5.74, 6) is -0.180. The molecule has 4 aromatic rings. The quantitative estimate of drug-likeness (QED) is 0.451. The van der Waals surface area contributed by atoms with Crippen LogP contribution < -0.4 is 5.32 Å². The van der Waals surface area contributed by atoms with Crippen molar-refractivity contribution in [2.75, 3.05) is 5.32 Å². The number of H-pyrrole nitrogens is 1. The number of nitrogens with one attached hydrogen (secondary N) is 2. The predicted octanol–water partition coefficient (Wildman–Crippen LogP) is 5.65. The molecule has 0 fully saturated rings. The van der Waals surface area contributed by atoms with Crippen LogP contribution in [0.3, 0.4) is 0 Å². The molecule has 2 heterocycles. The fourth-order valence-corrected chi connectivity index (χ4v) is 3.33. The van der Waals surface area contributed by atoms with Crippen LogP contribution in [0.2, 0.25) is 5.02 Å². The van der Waals surface area contributed by atoms with Crippen LogP contribution in [-0.4, -0.2) is 20.7 Å². The number of alkyl halides is 3. The molecule has 2 aromatic heterocycles. The number of rotatable bonds is 3. The first kappa shape index (κ1) is 19.1. The van der Waals surface area contributed by atoms with E-state index in [9.17, 15) is 18.0 Å². The van der Waals surface area contributed by atoms with Crippen LogP contribution in [0.4, 0.5) is 18.9 Å². The van der Waals surface area contributed by atoms with Crippen LogP contribution in [0, 0.1) is 0 Å². The monoisotopic (exact) mass is 418 g/mol. The summed E-state index contributed by atoms with van der Waals surface area (Å²) < 4.78 is 39.9. The van der Waals surface area contributed by atoms with E-state index in [0.29, 0.717) is 11.4 Å². The molecule has 0 radical (unpaired) electrons. The van der Waals surface area contributed by atoms with Gasteiger partial charge in [-0.2, -0.15) is 18.3 Å². The second kappa shape index (κ2) is 6.97. The van der Waals surface area contributed by atoms with Gasteiger partial charge in [-0.1, -0.05) is 17.7 Å². The van der Waals surface area contributed by atoms with Crippen LogP contribution in [0.15, 0.2) is 55.0 Å². The van der Waals surface area contributed by atoms with Crippen molar-refractivity contribution >= 4 is 34.1 Å². The molecule has 0 aliphatic carbocycles. The molecule has 2 N–H and O–H groups in total. The van der Waals surface area contributed by atoms with Gasteiger partial charge in [0.05, 0.1) is 28.2 Å². The van der Waals surface area contributed by atoms with Gasteiger partial charge in [-0.3, -0.25) is 4.79 Å². The summed E-state index contributed by atoms with van der Waals surface area (Å²) >= 11 is 6.05. The summed E-state index contributed by atoms with van der Waals surface area (Å²) in [6.45, 7) is 1.43. The molecule has 0 aliphatic heterocycles. The van der Waals surface area contributed by atoms with Crippen molar-refractivity contribution in [2.45, 2.75) is 13.1 Å². The van der Waals surface area contributed by atoms with Crippen LogP contribution in [-0.2, 0) is 11.0 Å². The zero-order valence-corrected chi connectivity index (χ0v) is 15.8. The van der Waals surface area contributed by atoms with E-state index in [4.69, 9.17) is 11.6 Å². The summed E-state index contributed by atoms with van der Waals surface area (Å²) in [4.78, 5) is 14.4. The minimum Gasteiger partial charge on any atom is -0.359 e. The molecule has 0 bridgehead atoms. The lowest BCUT2D eigenvalue weighted by molar-refractivity contribution is -0.137. The standard InChI is InChI=1S/C20H14ClF3N4O/c1-11(29)27-18-9-25-17-4-2-12(6-15(17)18)13-8-26-28(10-13)19-5-3-14(7-16(19)21)20(22,23)24/h2-10,25H,1H3,(H,27,29). The molecule has 0 unspecified atom stereocenters. The molecule has 148 valence electrons. The van der Waals surface area contributed by atoms with Gasteiger partial charge in [0.15, 0.2) is 0 Å². The number of carbonyl (C=O) groups excluding carboxylic acids is 1. The van der Waals surface area contributed by atoms with Crippen LogP contribution >= 0.6 is 11.6 Å². The number of halogens is 4. The molecule has 0 spiro atoms. The molecule has 5 nitrogen and oxygen atoms in total. The van der Waals surface area contributed by atoms with Gasteiger partial charge in [0.1, 0.15) is 0 Å². The number of hydrogen-bond acceptors (Lipinski definition) is 2. The molecule has 4 rings (SSSR count). The summed E-state index contributed by atoms with van der Waals surface area (Å²) in [6, 6.07) is 8.78. The Bertz CT molecular complexity index is 1230. The number of nitrogens with zero attached hydrogens (tertiary/aromatic N) is 2. The number of anilines is 1. The molecule has 0 saturated heterocycles. The highest BCUT2D eigenvalue weighted by atomic mass is 35.5. The zero-order valence-electron chi connectivity index (χ0n) is 15.0. The van der Waals surface area contributed by atoms with Crippen molar-refractivity contribution in [2.24, 2.45) is 0 Å². The first-order chi connectivity index (χ1) is 13.7.